The van der Waals surface area contributed by atoms with Crippen molar-refractivity contribution < 1.29 is 0 Å². The van der Waals surface area contributed by atoms with E-state index >= 15 is 0 Å². The first kappa shape index (κ1) is 14.3. The van der Waals surface area contributed by atoms with Crippen molar-refractivity contribution in [2.75, 3.05) is 13.1 Å². The minimum absolute atomic E-state index is 0.550. The molecule has 21 heavy (non-hydrogen) atoms. The average Bonchev–Trinajstić information content (AvgIpc) is 3.29. The van der Waals surface area contributed by atoms with Crippen LogP contribution in [0.25, 0.3) is 0 Å². The van der Waals surface area contributed by atoms with E-state index in [9.17, 15) is 0 Å². The number of nitrogens with zero attached hydrogens (tertiary/aromatic N) is 1. The Hall–Kier alpha value is -1.68. The Morgan fingerprint density at radius 2 is 1.81 bits per heavy atom. The van der Waals surface area contributed by atoms with Gasteiger partial charge in [0.25, 0.3) is 0 Å². The number of allylic oxidation sites excluding steroid dienone is 5. The third kappa shape index (κ3) is 3.16. The van der Waals surface area contributed by atoms with Crippen LogP contribution in [0.2, 0.25) is 0 Å². The summed E-state index contributed by atoms with van der Waals surface area (Å²) in [7, 11) is 0. The highest BCUT2D eigenvalue weighted by atomic mass is 15.2. The molecule has 2 fully saturated rings. The van der Waals surface area contributed by atoms with Gasteiger partial charge in [0.2, 0.25) is 0 Å². The number of rotatable bonds is 4. The third-order valence-corrected chi connectivity index (χ3v) is 4.57. The minimum atomic E-state index is 0.550. The van der Waals surface area contributed by atoms with E-state index in [4.69, 9.17) is 10.8 Å². The van der Waals surface area contributed by atoms with Gasteiger partial charge in [-0.2, -0.15) is 0 Å². The predicted octanol–water partition coefficient (Wildman–Crippen LogP) is 2.64. The average molecular weight is 284 g/mol. The molecular formula is C17H24N4. The smallest absolute Gasteiger partial charge is 0.0662 e. The van der Waals surface area contributed by atoms with Crippen LogP contribution in [0.15, 0.2) is 35.1 Å². The Morgan fingerprint density at radius 3 is 2.43 bits per heavy atom. The molecule has 1 aliphatic heterocycles. The SMILES string of the molecule is CC1=CC=C(N2CCC(NC3CC3)CC2)/C(=C/C=N)C1=N. The van der Waals surface area contributed by atoms with Gasteiger partial charge in [0, 0.05) is 42.7 Å². The van der Waals surface area contributed by atoms with Gasteiger partial charge in [-0.3, -0.25) is 5.41 Å². The van der Waals surface area contributed by atoms with Crippen molar-refractivity contribution in [3.63, 3.8) is 0 Å². The normalized spacial score (nSPS) is 25.9. The minimum Gasteiger partial charge on any atom is -0.371 e. The zero-order valence-electron chi connectivity index (χ0n) is 12.7. The van der Waals surface area contributed by atoms with Crippen LogP contribution >= 0.6 is 0 Å². The van der Waals surface area contributed by atoms with E-state index in [2.05, 4.69) is 16.3 Å². The molecule has 0 amide bonds. The summed E-state index contributed by atoms with van der Waals surface area (Å²) in [5, 5.41) is 19.3. The molecule has 1 heterocycles. The molecule has 3 aliphatic rings. The molecule has 3 N–H and O–H groups in total. The van der Waals surface area contributed by atoms with Gasteiger partial charge in [-0.1, -0.05) is 6.08 Å². The van der Waals surface area contributed by atoms with E-state index in [0.29, 0.717) is 11.8 Å². The van der Waals surface area contributed by atoms with E-state index in [0.717, 1.165) is 36.0 Å². The molecule has 0 spiro atoms. The Morgan fingerprint density at radius 1 is 1.14 bits per heavy atom. The van der Waals surface area contributed by atoms with E-state index in [1.807, 2.05) is 13.0 Å². The van der Waals surface area contributed by atoms with Gasteiger partial charge in [-0.25, -0.2) is 0 Å². The van der Waals surface area contributed by atoms with Gasteiger partial charge in [0.15, 0.2) is 0 Å². The Kier molecular flexibility index (Phi) is 4.06. The summed E-state index contributed by atoms with van der Waals surface area (Å²) in [5.74, 6) is 0. The maximum absolute atomic E-state index is 8.22. The van der Waals surface area contributed by atoms with Crippen molar-refractivity contribution in [3.05, 3.63) is 35.1 Å². The topological polar surface area (TPSA) is 63.0 Å². The van der Waals surface area contributed by atoms with Gasteiger partial charge < -0.3 is 15.6 Å². The maximum atomic E-state index is 8.22. The van der Waals surface area contributed by atoms with Gasteiger partial charge in [0.05, 0.1) is 5.71 Å². The summed E-state index contributed by atoms with van der Waals surface area (Å²) < 4.78 is 0. The zero-order chi connectivity index (χ0) is 14.8. The summed E-state index contributed by atoms with van der Waals surface area (Å²) in [6.07, 6.45) is 12.2. The fourth-order valence-corrected chi connectivity index (χ4v) is 3.12. The van der Waals surface area contributed by atoms with Crippen LogP contribution in [0.4, 0.5) is 0 Å². The summed E-state index contributed by atoms with van der Waals surface area (Å²) in [6, 6.07) is 1.44. The Labute approximate surface area is 126 Å². The third-order valence-electron chi connectivity index (χ3n) is 4.57. The second-order valence-electron chi connectivity index (χ2n) is 6.23. The lowest BCUT2D eigenvalue weighted by Gasteiger charge is -2.37. The molecule has 0 atom stereocenters. The Balaban J connectivity index is 1.69. The number of piperidine rings is 1. The van der Waals surface area contributed by atoms with Crippen LogP contribution in [0.1, 0.15) is 32.6 Å². The highest BCUT2D eigenvalue weighted by molar-refractivity contribution is 6.15. The summed E-state index contributed by atoms with van der Waals surface area (Å²) in [4.78, 5) is 2.37. The fraction of sp³-hybridized carbons (Fsp3) is 0.529. The Bertz CT molecular complexity index is 529. The van der Waals surface area contributed by atoms with E-state index in [-0.39, 0.29) is 0 Å². The quantitative estimate of drug-likeness (QED) is 0.695. The first-order chi connectivity index (χ1) is 10.2. The number of likely N-dealkylation sites (tertiary alicyclic amines) is 1. The number of hydrogen-bond donors (Lipinski definition) is 3. The van der Waals surface area contributed by atoms with Gasteiger partial charge >= 0.3 is 0 Å². The van der Waals surface area contributed by atoms with Crippen molar-refractivity contribution in [1.82, 2.24) is 10.2 Å². The van der Waals surface area contributed by atoms with E-state index < -0.39 is 0 Å². The van der Waals surface area contributed by atoms with Crippen LogP contribution < -0.4 is 5.32 Å². The van der Waals surface area contributed by atoms with Crippen LogP contribution in [0.3, 0.4) is 0 Å². The van der Waals surface area contributed by atoms with Crippen LogP contribution in [0, 0.1) is 10.8 Å². The molecule has 0 aromatic heterocycles. The van der Waals surface area contributed by atoms with Crippen LogP contribution in [-0.4, -0.2) is 42.0 Å². The van der Waals surface area contributed by atoms with E-state index in [1.165, 1.54) is 31.9 Å². The molecule has 0 aromatic rings. The lowest BCUT2D eigenvalue weighted by atomic mass is 9.93. The largest absolute Gasteiger partial charge is 0.371 e. The summed E-state index contributed by atoms with van der Waals surface area (Å²) >= 11 is 0. The fourth-order valence-electron chi connectivity index (χ4n) is 3.12. The first-order valence-electron chi connectivity index (χ1n) is 7.89. The van der Waals surface area contributed by atoms with Crippen molar-refractivity contribution >= 4 is 11.9 Å². The summed E-state index contributed by atoms with van der Waals surface area (Å²) in [5.41, 5.74) is 3.52. The molecular weight excluding hydrogens is 260 g/mol. The highest BCUT2D eigenvalue weighted by Crippen LogP contribution is 2.28. The maximum Gasteiger partial charge on any atom is 0.0662 e. The standard InChI is InChI=1S/C17H24N4/c1-12-2-5-16(15(6-9-18)17(12)19)21-10-7-14(8-11-21)20-13-3-4-13/h2,5-6,9,13-14,18-20H,3-4,7-8,10-11H2,1H3/b15-6-,18-9?,19-17?. The van der Waals surface area contributed by atoms with Crippen LogP contribution in [0.5, 0.6) is 0 Å². The molecule has 0 radical (unpaired) electrons. The summed E-state index contributed by atoms with van der Waals surface area (Å²) in [6.45, 7) is 4.02. The molecule has 112 valence electrons. The molecule has 2 aliphatic carbocycles. The van der Waals surface area contributed by atoms with Crippen molar-refractivity contribution in [1.29, 1.82) is 10.8 Å². The highest BCUT2D eigenvalue weighted by Gasteiger charge is 2.29. The molecule has 0 aromatic carbocycles. The van der Waals surface area contributed by atoms with Gasteiger partial charge in [-0.15, -0.1) is 0 Å². The lowest BCUT2D eigenvalue weighted by Crippen LogP contribution is -2.43. The second-order valence-corrected chi connectivity index (χ2v) is 6.23. The van der Waals surface area contributed by atoms with Crippen LogP contribution in [-0.2, 0) is 0 Å². The predicted molar refractivity (Wildman–Crippen MR) is 87.2 cm³/mol. The van der Waals surface area contributed by atoms with Gasteiger partial charge in [0.1, 0.15) is 0 Å². The molecule has 3 rings (SSSR count). The van der Waals surface area contributed by atoms with Crippen molar-refractivity contribution in [2.45, 2.75) is 44.7 Å². The van der Waals surface area contributed by atoms with E-state index in [1.54, 1.807) is 6.08 Å². The number of hydrogen-bond acceptors (Lipinski definition) is 4. The molecule has 4 heteroatoms. The molecule has 4 nitrogen and oxygen atoms in total. The zero-order valence-corrected chi connectivity index (χ0v) is 12.7. The molecule has 0 unspecified atom stereocenters. The molecule has 1 saturated carbocycles. The van der Waals surface area contributed by atoms with Crippen molar-refractivity contribution in [2.24, 2.45) is 0 Å². The first-order valence-corrected chi connectivity index (χ1v) is 7.89. The molecule has 1 saturated heterocycles. The monoisotopic (exact) mass is 284 g/mol. The molecule has 0 bridgehead atoms. The van der Waals surface area contributed by atoms with Crippen molar-refractivity contribution in [3.8, 4) is 0 Å². The lowest BCUT2D eigenvalue weighted by molar-refractivity contribution is 0.245. The van der Waals surface area contributed by atoms with Gasteiger partial charge in [-0.05, 0) is 50.3 Å². The number of nitrogens with one attached hydrogen (secondary N) is 3. The second kappa shape index (κ2) is 5.98.